The zero-order chi connectivity index (χ0) is 11.8. The molecule has 2 heterocycles. The van der Waals surface area contributed by atoms with E-state index in [2.05, 4.69) is 4.98 Å². The van der Waals surface area contributed by atoms with E-state index in [1.165, 1.54) is 11.3 Å². The number of thiazole rings is 1. The summed E-state index contributed by atoms with van der Waals surface area (Å²) in [5.41, 5.74) is 2.62. The lowest BCUT2D eigenvalue weighted by atomic mass is 10.2. The predicted octanol–water partition coefficient (Wildman–Crippen LogP) is 3.34. The molecule has 0 atom stereocenters. The number of benzene rings is 1. The molecule has 0 radical (unpaired) electrons. The van der Waals surface area contributed by atoms with E-state index in [0.29, 0.717) is 0 Å². The molecule has 0 amide bonds. The molecule has 0 saturated carbocycles. The Morgan fingerprint density at radius 2 is 2.12 bits per heavy atom. The van der Waals surface area contributed by atoms with Gasteiger partial charge in [-0.3, -0.25) is 5.41 Å². The standard InChI is InChI=1S/C13H10N2OS/c1-8-7-17-13(15-8)10-6-9-4-2-3-5-11(9)16-12(10)14/h2-7,14H,1H3. The average molecular weight is 242 g/mol. The Morgan fingerprint density at radius 3 is 2.88 bits per heavy atom. The van der Waals surface area contributed by atoms with Crippen LogP contribution < -0.4 is 5.55 Å². The van der Waals surface area contributed by atoms with Crippen molar-refractivity contribution >= 4 is 22.3 Å². The van der Waals surface area contributed by atoms with Gasteiger partial charge in [-0.15, -0.1) is 11.3 Å². The molecule has 0 aliphatic rings. The lowest BCUT2D eigenvalue weighted by molar-refractivity contribution is 0.536. The summed E-state index contributed by atoms with van der Waals surface area (Å²) in [6.07, 6.45) is 0. The van der Waals surface area contributed by atoms with Crippen LogP contribution in [0.2, 0.25) is 0 Å². The first kappa shape index (κ1) is 10.2. The third-order valence-corrected chi connectivity index (χ3v) is 3.52. The molecule has 3 nitrogen and oxygen atoms in total. The quantitative estimate of drug-likeness (QED) is 0.711. The van der Waals surface area contributed by atoms with Gasteiger partial charge in [0.25, 0.3) is 0 Å². The molecule has 0 unspecified atom stereocenters. The minimum atomic E-state index is 0.165. The second-order valence-corrected chi connectivity index (χ2v) is 4.68. The lowest BCUT2D eigenvalue weighted by Gasteiger charge is -2.00. The Labute approximate surface area is 102 Å². The molecule has 2 aromatic heterocycles. The molecular weight excluding hydrogens is 232 g/mol. The zero-order valence-corrected chi connectivity index (χ0v) is 10.0. The van der Waals surface area contributed by atoms with Crippen molar-refractivity contribution in [1.82, 2.24) is 4.98 Å². The van der Waals surface area contributed by atoms with Gasteiger partial charge < -0.3 is 4.42 Å². The van der Waals surface area contributed by atoms with E-state index in [1.807, 2.05) is 42.6 Å². The number of nitrogens with zero attached hydrogens (tertiary/aromatic N) is 1. The second-order valence-electron chi connectivity index (χ2n) is 3.82. The Hall–Kier alpha value is -1.94. The monoisotopic (exact) mass is 242 g/mol. The van der Waals surface area contributed by atoms with Crippen LogP contribution in [0.1, 0.15) is 5.69 Å². The fourth-order valence-corrected chi connectivity index (χ4v) is 2.53. The topological polar surface area (TPSA) is 49.9 Å². The maximum atomic E-state index is 7.90. The van der Waals surface area contributed by atoms with E-state index in [4.69, 9.17) is 9.83 Å². The molecule has 1 aromatic carbocycles. The fraction of sp³-hybridized carbons (Fsp3) is 0.0769. The largest absolute Gasteiger partial charge is 0.438 e. The number of hydrogen-bond acceptors (Lipinski definition) is 4. The Morgan fingerprint density at radius 1 is 1.29 bits per heavy atom. The van der Waals surface area contributed by atoms with Gasteiger partial charge in [0.15, 0.2) is 0 Å². The smallest absolute Gasteiger partial charge is 0.222 e. The van der Waals surface area contributed by atoms with Crippen molar-refractivity contribution in [3.8, 4) is 10.6 Å². The molecule has 1 N–H and O–H groups in total. The average Bonchev–Trinajstić information content (AvgIpc) is 2.75. The normalized spacial score (nSPS) is 10.9. The van der Waals surface area contributed by atoms with Gasteiger partial charge in [0.05, 0.1) is 5.56 Å². The van der Waals surface area contributed by atoms with Crippen molar-refractivity contribution in [3.63, 3.8) is 0 Å². The van der Waals surface area contributed by atoms with Crippen molar-refractivity contribution < 1.29 is 4.42 Å². The number of para-hydroxylation sites is 1. The van der Waals surface area contributed by atoms with Crippen LogP contribution in [0.25, 0.3) is 21.5 Å². The number of aromatic nitrogens is 1. The van der Waals surface area contributed by atoms with Crippen molar-refractivity contribution in [2.24, 2.45) is 0 Å². The van der Waals surface area contributed by atoms with Gasteiger partial charge in [-0.1, -0.05) is 18.2 Å². The third-order valence-electron chi connectivity index (χ3n) is 2.52. The van der Waals surface area contributed by atoms with Gasteiger partial charge in [0.1, 0.15) is 10.6 Å². The minimum absolute atomic E-state index is 0.165. The second kappa shape index (κ2) is 3.82. The highest BCUT2D eigenvalue weighted by Crippen LogP contribution is 2.23. The molecule has 0 aliphatic carbocycles. The summed E-state index contributed by atoms with van der Waals surface area (Å²) < 4.78 is 5.49. The SMILES string of the molecule is Cc1csc(-c2cc3ccccc3oc2=N)n1. The summed E-state index contributed by atoms with van der Waals surface area (Å²) in [6.45, 7) is 1.95. The number of nitrogens with one attached hydrogen (secondary N) is 1. The van der Waals surface area contributed by atoms with Crippen LogP contribution in [-0.2, 0) is 0 Å². The summed E-state index contributed by atoms with van der Waals surface area (Å²) in [7, 11) is 0. The molecule has 84 valence electrons. The van der Waals surface area contributed by atoms with Crippen LogP contribution >= 0.6 is 11.3 Å². The molecule has 4 heteroatoms. The van der Waals surface area contributed by atoms with Gasteiger partial charge in [0.2, 0.25) is 5.55 Å². The van der Waals surface area contributed by atoms with Crippen LogP contribution in [0.4, 0.5) is 0 Å². The minimum Gasteiger partial charge on any atom is -0.438 e. The highest BCUT2D eigenvalue weighted by atomic mass is 32.1. The lowest BCUT2D eigenvalue weighted by Crippen LogP contribution is -2.02. The first-order chi connectivity index (χ1) is 8.24. The maximum absolute atomic E-state index is 7.90. The van der Waals surface area contributed by atoms with Gasteiger partial charge in [-0.25, -0.2) is 4.98 Å². The Kier molecular flexibility index (Phi) is 2.30. The zero-order valence-electron chi connectivity index (χ0n) is 9.23. The van der Waals surface area contributed by atoms with E-state index < -0.39 is 0 Å². The van der Waals surface area contributed by atoms with Crippen molar-refractivity contribution in [2.45, 2.75) is 6.92 Å². The third kappa shape index (κ3) is 1.76. The first-order valence-electron chi connectivity index (χ1n) is 5.24. The summed E-state index contributed by atoms with van der Waals surface area (Å²) in [5, 5.41) is 11.7. The van der Waals surface area contributed by atoms with E-state index in [9.17, 15) is 0 Å². The molecule has 0 fully saturated rings. The molecule has 17 heavy (non-hydrogen) atoms. The Balaban J connectivity index is 2.30. The number of aryl methyl sites for hydroxylation is 1. The van der Waals surface area contributed by atoms with Crippen LogP contribution in [-0.4, -0.2) is 4.98 Å². The van der Waals surface area contributed by atoms with Gasteiger partial charge in [-0.2, -0.15) is 0 Å². The molecular formula is C13H10N2OS. The van der Waals surface area contributed by atoms with E-state index in [0.717, 1.165) is 27.2 Å². The number of hydrogen-bond donors (Lipinski definition) is 1. The van der Waals surface area contributed by atoms with Crippen LogP contribution in [0, 0.1) is 12.3 Å². The number of fused-ring (bicyclic) bond motifs is 1. The van der Waals surface area contributed by atoms with Gasteiger partial charge in [0, 0.05) is 16.5 Å². The predicted molar refractivity (Wildman–Crippen MR) is 67.9 cm³/mol. The molecule has 3 aromatic rings. The molecule has 0 saturated heterocycles. The van der Waals surface area contributed by atoms with E-state index in [-0.39, 0.29) is 5.55 Å². The molecule has 0 aliphatic heterocycles. The maximum Gasteiger partial charge on any atom is 0.222 e. The molecule has 0 bridgehead atoms. The summed E-state index contributed by atoms with van der Waals surface area (Å²) in [5.74, 6) is 0. The fourth-order valence-electron chi connectivity index (χ4n) is 1.72. The highest BCUT2D eigenvalue weighted by Gasteiger charge is 2.08. The first-order valence-corrected chi connectivity index (χ1v) is 6.12. The highest BCUT2D eigenvalue weighted by molar-refractivity contribution is 7.13. The summed E-state index contributed by atoms with van der Waals surface area (Å²) in [4.78, 5) is 4.39. The van der Waals surface area contributed by atoms with E-state index in [1.54, 1.807) is 0 Å². The molecule has 0 spiro atoms. The van der Waals surface area contributed by atoms with Crippen molar-refractivity contribution in [1.29, 1.82) is 5.41 Å². The van der Waals surface area contributed by atoms with Gasteiger partial charge in [-0.05, 0) is 19.1 Å². The van der Waals surface area contributed by atoms with Crippen molar-refractivity contribution in [2.75, 3.05) is 0 Å². The number of rotatable bonds is 1. The van der Waals surface area contributed by atoms with Gasteiger partial charge >= 0.3 is 0 Å². The van der Waals surface area contributed by atoms with Crippen LogP contribution in [0.3, 0.4) is 0 Å². The van der Waals surface area contributed by atoms with Crippen molar-refractivity contribution in [3.05, 3.63) is 47.0 Å². The van der Waals surface area contributed by atoms with E-state index >= 15 is 0 Å². The summed E-state index contributed by atoms with van der Waals surface area (Å²) >= 11 is 1.53. The Bertz CT molecular complexity index is 742. The van der Waals surface area contributed by atoms with Crippen LogP contribution in [0.5, 0.6) is 0 Å². The summed E-state index contributed by atoms with van der Waals surface area (Å²) in [6, 6.07) is 9.66. The molecule has 3 rings (SSSR count). The van der Waals surface area contributed by atoms with Crippen LogP contribution in [0.15, 0.2) is 40.1 Å².